The second kappa shape index (κ2) is 10.6. The number of rotatable bonds is 7. The fourth-order valence-corrected chi connectivity index (χ4v) is 3.99. The summed E-state index contributed by atoms with van der Waals surface area (Å²) in [6.45, 7) is 4.79. The van der Waals surface area contributed by atoms with Gasteiger partial charge in [-0.25, -0.2) is 9.69 Å². The lowest BCUT2D eigenvalue weighted by Gasteiger charge is -2.26. The van der Waals surface area contributed by atoms with Gasteiger partial charge in [0, 0.05) is 0 Å². The summed E-state index contributed by atoms with van der Waals surface area (Å²) in [5.74, 6) is -0.225. The van der Waals surface area contributed by atoms with Crippen LogP contribution in [0, 0.1) is 6.92 Å². The Kier molecular flexibility index (Phi) is 7.31. The van der Waals surface area contributed by atoms with Crippen molar-refractivity contribution in [3.63, 3.8) is 0 Å². The highest BCUT2D eigenvalue weighted by Crippen LogP contribution is 2.28. The number of carbonyl (C=O) groups is 3. The van der Waals surface area contributed by atoms with E-state index in [1.807, 2.05) is 38.1 Å². The zero-order chi connectivity index (χ0) is 24.9. The van der Waals surface area contributed by atoms with Gasteiger partial charge >= 0.3 is 6.03 Å². The van der Waals surface area contributed by atoms with E-state index in [-0.39, 0.29) is 5.57 Å². The molecule has 4 rings (SSSR count). The second-order valence-electron chi connectivity index (χ2n) is 7.85. The molecule has 0 saturated carbocycles. The molecule has 0 unspecified atom stereocenters. The van der Waals surface area contributed by atoms with Gasteiger partial charge in [-0.3, -0.25) is 14.9 Å². The molecule has 7 nitrogen and oxygen atoms in total. The first-order valence-electron chi connectivity index (χ1n) is 11.0. The highest BCUT2D eigenvalue weighted by molar-refractivity contribution is 9.10. The molecule has 0 aliphatic carbocycles. The summed E-state index contributed by atoms with van der Waals surface area (Å²) in [5, 5.41) is 2.23. The van der Waals surface area contributed by atoms with Crippen LogP contribution in [0.25, 0.3) is 6.08 Å². The number of ether oxygens (including phenoxy) is 2. The fourth-order valence-electron chi connectivity index (χ4n) is 3.48. The van der Waals surface area contributed by atoms with Crippen LogP contribution in [-0.2, 0) is 16.2 Å². The van der Waals surface area contributed by atoms with E-state index in [1.165, 1.54) is 11.6 Å². The summed E-state index contributed by atoms with van der Waals surface area (Å²) in [4.78, 5) is 39.0. The number of carbonyl (C=O) groups excluding carboxylic acids is 3. The summed E-state index contributed by atoms with van der Waals surface area (Å²) in [7, 11) is 0. The highest BCUT2D eigenvalue weighted by atomic mass is 79.9. The lowest BCUT2D eigenvalue weighted by molar-refractivity contribution is -0.122. The number of nitrogens with one attached hydrogen (secondary N) is 1. The number of aryl methyl sites for hydroxylation is 1. The van der Waals surface area contributed by atoms with Crippen LogP contribution >= 0.6 is 15.9 Å². The van der Waals surface area contributed by atoms with Gasteiger partial charge in [0.15, 0.2) is 0 Å². The van der Waals surface area contributed by atoms with Crippen molar-refractivity contribution in [2.45, 2.75) is 20.5 Å². The number of amides is 4. The number of barbiturate groups is 1. The van der Waals surface area contributed by atoms with Crippen LogP contribution in [0.2, 0.25) is 0 Å². The minimum absolute atomic E-state index is 0.152. The number of benzene rings is 3. The number of anilines is 1. The topological polar surface area (TPSA) is 84.9 Å². The molecule has 1 aliphatic rings. The van der Waals surface area contributed by atoms with Gasteiger partial charge in [-0.15, -0.1) is 0 Å². The normalized spacial score (nSPS) is 14.8. The molecule has 0 atom stereocenters. The van der Waals surface area contributed by atoms with Gasteiger partial charge < -0.3 is 9.47 Å². The van der Waals surface area contributed by atoms with E-state index in [0.29, 0.717) is 40.4 Å². The molecule has 35 heavy (non-hydrogen) atoms. The van der Waals surface area contributed by atoms with E-state index in [9.17, 15) is 14.4 Å². The summed E-state index contributed by atoms with van der Waals surface area (Å²) in [6.07, 6.45) is 1.44. The van der Waals surface area contributed by atoms with Gasteiger partial charge in [0.05, 0.1) is 16.8 Å². The predicted octanol–water partition coefficient (Wildman–Crippen LogP) is 5.40. The number of urea groups is 1. The van der Waals surface area contributed by atoms with Crippen molar-refractivity contribution in [3.8, 4) is 11.5 Å². The molecule has 4 amide bonds. The third-order valence-corrected chi connectivity index (χ3v) is 5.91. The maximum Gasteiger partial charge on any atom is 0.335 e. The first-order valence-corrected chi connectivity index (χ1v) is 11.8. The Hall–Kier alpha value is -3.91. The summed E-state index contributed by atoms with van der Waals surface area (Å²) >= 11 is 3.42. The molecule has 0 aromatic heterocycles. The van der Waals surface area contributed by atoms with E-state index in [2.05, 4.69) is 21.2 Å². The zero-order valence-electron chi connectivity index (χ0n) is 19.2. The Morgan fingerprint density at radius 1 is 0.943 bits per heavy atom. The average molecular weight is 535 g/mol. The molecule has 0 spiro atoms. The van der Waals surface area contributed by atoms with Crippen LogP contribution in [0.1, 0.15) is 23.6 Å². The summed E-state index contributed by atoms with van der Waals surface area (Å²) < 4.78 is 12.0. The fraction of sp³-hybridized carbons (Fsp3) is 0.148. The van der Waals surface area contributed by atoms with E-state index in [1.54, 1.807) is 42.5 Å². The van der Waals surface area contributed by atoms with Crippen molar-refractivity contribution < 1.29 is 23.9 Å². The molecule has 1 N–H and O–H groups in total. The first-order chi connectivity index (χ1) is 16.9. The summed E-state index contributed by atoms with van der Waals surface area (Å²) in [6, 6.07) is 19.0. The van der Waals surface area contributed by atoms with E-state index in [4.69, 9.17) is 9.47 Å². The third kappa shape index (κ3) is 5.60. The molecule has 0 radical (unpaired) electrons. The molecule has 3 aromatic rings. The Balaban J connectivity index is 1.52. The Labute approximate surface area is 211 Å². The molecule has 1 fully saturated rings. The Morgan fingerprint density at radius 3 is 2.31 bits per heavy atom. The first kappa shape index (κ1) is 24.2. The molecular formula is C27H23BrN2O5. The van der Waals surface area contributed by atoms with Crippen LogP contribution in [0.15, 0.2) is 76.8 Å². The second-order valence-corrected chi connectivity index (χ2v) is 8.70. The van der Waals surface area contributed by atoms with Crippen molar-refractivity contribution >= 4 is 45.5 Å². The van der Waals surface area contributed by atoms with E-state index < -0.39 is 17.8 Å². The van der Waals surface area contributed by atoms with Crippen molar-refractivity contribution in [1.29, 1.82) is 0 Å². The minimum Gasteiger partial charge on any atom is -0.493 e. The third-order valence-electron chi connectivity index (χ3n) is 5.29. The number of imide groups is 2. The average Bonchev–Trinajstić information content (AvgIpc) is 2.84. The Morgan fingerprint density at radius 2 is 1.66 bits per heavy atom. The minimum atomic E-state index is -0.807. The standard InChI is InChI=1S/C27H23BrN2O5/c1-3-34-24-13-8-19(15-23(24)28)14-22-25(31)29-27(33)30(26(22)32)20-9-11-21(12-10-20)35-16-18-6-4-17(2)5-7-18/h4-15H,3,16H2,1-2H3,(H,29,31,33)/b22-14+. The molecule has 1 aliphatic heterocycles. The zero-order valence-corrected chi connectivity index (χ0v) is 20.8. The maximum atomic E-state index is 13.1. The van der Waals surface area contributed by atoms with Gasteiger partial charge in [-0.1, -0.05) is 35.9 Å². The predicted molar refractivity (Wildman–Crippen MR) is 136 cm³/mol. The van der Waals surface area contributed by atoms with Gasteiger partial charge in [0.2, 0.25) is 0 Å². The highest BCUT2D eigenvalue weighted by Gasteiger charge is 2.36. The molecular weight excluding hydrogens is 512 g/mol. The molecule has 3 aromatic carbocycles. The lowest BCUT2D eigenvalue weighted by atomic mass is 10.1. The van der Waals surface area contributed by atoms with E-state index >= 15 is 0 Å². The summed E-state index contributed by atoms with van der Waals surface area (Å²) in [5.41, 5.74) is 2.97. The van der Waals surface area contributed by atoms with Crippen LogP contribution in [0.3, 0.4) is 0 Å². The smallest absolute Gasteiger partial charge is 0.335 e. The lowest BCUT2D eigenvalue weighted by Crippen LogP contribution is -2.54. The molecule has 178 valence electrons. The number of hydrogen-bond acceptors (Lipinski definition) is 5. The van der Waals surface area contributed by atoms with Crippen molar-refractivity contribution in [2.24, 2.45) is 0 Å². The van der Waals surface area contributed by atoms with Crippen molar-refractivity contribution in [3.05, 3.63) is 93.5 Å². The Bertz CT molecular complexity index is 1300. The maximum absolute atomic E-state index is 13.1. The van der Waals surface area contributed by atoms with Crippen molar-refractivity contribution in [1.82, 2.24) is 5.32 Å². The largest absolute Gasteiger partial charge is 0.493 e. The number of nitrogens with zero attached hydrogens (tertiary/aromatic N) is 1. The SMILES string of the molecule is CCOc1ccc(/C=C2\C(=O)NC(=O)N(c3ccc(OCc4ccc(C)cc4)cc3)C2=O)cc1Br. The quantitative estimate of drug-likeness (QED) is 0.324. The van der Waals surface area contributed by atoms with Crippen LogP contribution in [0.5, 0.6) is 11.5 Å². The van der Waals surface area contributed by atoms with Gasteiger partial charge in [0.1, 0.15) is 23.7 Å². The number of hydrogen-bond donors (Lipinski definition) is 1. The molecule has 1 saturated heterocycles. The van der Waals surface area contributed by atoms with Crippen molar-refractivity contribution in [2.75, 3.05) is 11.5 Å². The van der Waals surface area contributed by atoms with Gasteiger partial charge in [-0.2, -0.15) is 0 Å². The molecule has 8 heteroatoms. The van der Waals surface area contributed by atoms with Gasteiger partial charge in [0.25, 0.3) is 11.8 Å². The monoisotopic (exact) mass is 534 g/mol. The number of halogens is 1. The van der Waals surface area contributed by atoms with Gasteiger partial charge in [-0.05, 0) is 83.4 Å². The van der Waals surface area contributed by atoms with E-state index in [0.717, 1.165) is 10.5 Å². The van der Waals surface area contributed by atoms with Crippen LogP contribution in [-0.4, -0.2) is 24.5 Å². The molecule has 1 heterocycles. The van der Waals surface area contributed by atoms with Crippen LogP contribution in [0.4, 0.5) is 10.5 Å². The molecule has 0 bridgehead atoms. The van der Waals surface area contributed by atoms with Crippen LogP contribution < -0.4 is 19.7 Å².